The molecule has 0 aliphatic carbocycles. The minimum Gasteiger partial charge on any atom is -0.388 e. The molecular weight excluding hydrogens is 269 g/mol. The normalized spacial score (nSPS) is 15.2. The van der Waals surface area contributed by atoms with Crippen molar-refractivity contribution in [2.45, 2.75) is 45.4 Å². The predicted octanol–water partition coefficient (Wildman–Crippen LogP) is 3.70. The molecule has 1 rings (SSSR count). The zero-order valence-corrected chi connectivity index (χ0v) is 12.0. The van der Waals surface area contributed by atoms with Gasteiger partial charge < -0.3 is 10.4 Å². The number of alkyl halides is 3. The summed E-state index contributed by atoms with van der Waals surface area (Å²) in [7, 11) is 0. The Morgan fingerprint density at radius 1 is 1.30 bits per heavy atom. The molecule has 0 aliphatic heterocycles. The SMILES string of the molecule is CC(C)CCC(C)(O)CNc1cccc(C(F)(F)F)n1. The van der Waals surface area contributed by atoms with Crippen molar-refractivity contribution in [3.8, 4) is 0 Å². The van der Waals surface area contributed by atoms with Crippen LogP contribution in [0, 0.1) is 5.92 Å². The van der Waals surface area contributed by atoms with Crippen LogP contribution in [0.4, 0.5) is 19.0 Å². The second-order valence-electron chi connectivity index (χ2n) is 5.69. The maximum absolute atomic E-state index is 12.5. The molecule has 0 fully saturated rings. The van der Waals surface area contributed by atoms with Crippen molar-refractivity contribution in [3.05, 3.63) is 23.9 Å². The van der Waals surface area contributed by atoms with E-state index in [2.05, 4.69) is 24.1 Å². The molecule has 0 radical (unpaired) electrons. The zero-order valence-electron chi connectivity index (χ0n) is 12.0. The third-order valence-corrected chi connectivity index (χ3v) is 2.95. The first kappa shape index (κ1) is 16.8. The Hall–Kier alpha value is -1.30. The third-order valence-electron chi connectivity index (χ3n) is 2.95. The summed E-state index contributed by atoms with van der Waals surface area (Å²) in [4.78, 5) is 3.50. The van der Waals surface area contributed by atoms with Gasteiger partial charge in [-0.1, -0.05) is 19.9 Å². The molecule has 1 atom stereocenters. The van der Waals surface area contributed by atoms with E-state index in [0.29, 0.717) is 12.3 Å². The van der Waals surface area contributed by atoms with E-state index in [0.717, 1.165) is 12.5 Å². The number of hydrogen-bond acceptors (Lipinski definition) is 3. The average Bonchev–Trinajstić information content (AvgIpc) is 2.34. The molecule has 0 amide bonds. The molecule has 3 nitrogen and oxygen atoms in total. The summed E-state index contributed by atoms with van der Waals surface area (Å²) in [5, 5.41) is 12.9. The molecule has 1 heterocycles. The van der Waals surface area contributed by atoms with Gasteiger partial charge in [0.2, 0.25) is 0 Å². The Kier molecular flexibility index (Phi) is 5.39. The van der Waals surface area contributed by atoms with Crippen molar-refractivity contribution in [3.63, 3.8) is 0 Å². The van der Waals surface area contributed by atoms with Crippen LogP contribution in [0.3, 0.4) is 0 Å². The van der Waals surface area contributed by atoms with E-state index in [1.807, 2.05) is 0 Å². The zero-order chi connectivity index (χ0) is 15.4. The maximum Gasteiger partial charge on any atom is 0.433 e. The van der Waals surface area contributed by atoms with Crippen molar-refractivity contribution in [2.24, 2.45) is 5.92 Å². The number of nitrogens with zero attached hydrogens (tertiary/aromatic N) is 1. The van der Waals surface area contributed by atoms with E-state index in [4.69, 9.17) is 0 Å². The van der Waals surface area contributed by atoms with Crippen LogP contribution in [-0.4, -0.2) is 22.2 Å². The Morgan fingerprint density at radius 2 is 1.95 bits per heavy atom. The number of halogens is 3. The first-order valence-electron chi connectivity index (χ1n) is 6.61. The van der Waals surface area contributed by atoms with Gasteiger partial charge in [0.15, 0.2) is 0 Å². The number of aliphatic hydroxyl groups is 1. The maximum atomic E-state index is 12.5. The molecule has 114 valence electrons. The Bertz CT molecular complexity index is 431. The van der Waals surface area contributed by atoms with Crippen molar-refractivity contribution >= 4 is 5.82 Å². The van der Waals surface area contributed by atoms with E-state index in [1.165, 1.54) is 12.1 Å². The highest BCUT2D eigenvalue weighted by Crippen LogP contribution is 2.28. The number of rotatable bonds is 6. The molecule has 1 aromatic rings. The summed E-state index contributed by atoms with van der Waals surface area (Å²) >= 11 is 0. The molecule has 6 heteroatoms. The molecule has 0 saturated heterocycles. The average molecular weight is 290 g/mol. The van der Waals surface area contributed by atoms with E-state index in [-0.39, 0.29) is 12.4 Å². The fourth-order valence-electron chi connectivity index (χ4n) is 1.66. The quantitative estimate of drug-likeness (QED) is 0.839. The Labute approximate surface area is 117 Å². The number of hydrogen-bond donors (Lipinski definition) is 2. The molecule has 0 spiro atoms. The van der Waals surface area contributed by atoms with E-state index in [1.54, 1.807) is 6.92 Å². The van der Waals surface area contributed by atoms with E-state index < -0.39 is 17.5 Å². The summed E-state index contributed by atoms with van der Waals surface area (Å²) in [5.41, 5.74) is -1.91. The molecule has 0 saturated carbocycles. The van der Waals surface area contributed by atoms with Gasteiger partial charge in [0, 0.05) is 6.54 Å². The van der Waals surface area contributed by atoms with Gasteiger partial charge >= 0.3 is 6.18 Å². The monoisotopic (exact) mass is 290 g/mol. The number of nitrogens with one attached hydrogen (secondary N) is 1. The van der Waals surface area contributed by atoms with Gasteiger partial charge in [-0.15, -0.1) is 0 Å². The highest BCUT2D eigenvalue weighted by Gasteiger charge is 2.32. The van der Waals surface area contributed by atoms with Crippen molar-refractivity contribution in [2.75, 3.05) is 11.9 Å². The predicted molar refractivity (Wildman–Crippen MR) is 72.4 cm³/mol. The number of pyridine rings is 1. The van der Waals surface area contributed by atoms with Gasteiger partial charge in [-0.05, 0) is 37.8 Å². The first-order valence-corrected chi connectivity index (χ1v) is 6.61. The minimum atomic E-state index is -4.46. The minimum absolute atomic E-state index is 0.115. The third kappa shape index (κ3) is 5.77. The summed E-state index contributed by atoms with van der Waals surface area (Å²) in [6, 6.07) is 3.66. The molecule has 2 N–H and O–H groups in total. The molecule has 0 bridgehead atoms. The lowest BCUT2D eigenvalue weighted by molar-refractivity contribution is -0.141. The Morgan fingerprint density at radius 3 is 2.50 bits per heavy atom. The van der Waals surface area contributed by atoms with Crippen LogP contribution >= 0.6 is 0 Å². The summed E-state index contributed by atoms with van der Waals surface area (Å²) in [6.45, 7) is 5.93. The summed E-state index contributed by atoms with van der Waals surface area (Å²) < 4.78 is 37.5. The van der Waals surface area contributed by atoms with Crippen LogP contribution in [0.15, 0.2) is 18.2 Å². The van der Waals surface area contributed by atoms with Crippen molar-refractivity contribution in [1.29, 1.82) is 0 Å². The van der Waals surface area contributed by atoms with Crippen LogP contribution in [-0.2, 0) is 6.18 Å². The van der Waals surface area contributed by atoms with Crippen molar-refractivity contribution < 1.29 is 18.3 Å². The molecule has 20 heavy (non-hydrogen) atoms. The lowest BCUT2D eigenvalue weighted by Gasteiger charge is -2.25. The van der Waals surface area contributed by atoms with Gasteiger partial charge in [0.1, 0.15) is 11.5 Å². The molecular formula is C14H21F3N2O. The Balaban J connectivity index is 2.61. The number of anilines is 1. The topological polar surface area (TPSA) is 45.1 Å². The van der Waals surface area contributed by atoms with Crippen LogP contribution in [0.25, 0.3) is 0 Å². The molecule has 1 aromatic heterocycles. The fourth-order valence-corrected chi connectivity index (χ4v) is 1.66. The van der Waals surface area contributed by atoms with Crippen LogP contribution < -0.4 is 5.32 Å². The van der Waals surface area contributed by atoms with Crippen molar-refractivity contribution in [1.82, 2.24) is 4.98 Å². The smallest absolute Gasteiger partial charge is 0.388 e. The highest BCUT2D eigenvalue weighted by molar-refractivity contribution is 5.36. The van der Waals surface area contributed by atoms with Crippen LogP contribution in [0.2, 0.25) is 0 Å². The lowest BCUT2D eigenvalue weighted by atomic mass is 9.95. The van der Waals surface area contributed by atoms with E-state index >= 15 is 0 Å². The fraction of sp³-hybridized carbons (Fsp3) is 0.643. The summed E-state index contributed by atoms with van der Waals surface area (Å²) in [5.74, 6) is 0.581. The second-order valence-corrected chi connectivity index (χ2v) is 5.69. The highest BCUT2D eigenvalue weighted by atomic mass is 19.4. The van der Waals surface area contributed by atoms with Crippen LogP contribution in [0.1, 0.15) is 39.3 Å². The van der Waals surface area contributed by atoms with E-state index in [9.17, 15) is 18.3 Å². The van der Waals surface area contributed by atoms with Gasteiger partial charge in [0.05, 0.1) is 5.60 Å². The summed E-state index contributed by atoms with van der Waals surface area (Å²) in [6.07, 6.45) is -3.03. The molecule has 0 aromatic carbocycles. The van der Waals surface area contributed by atoms with Gasteiger partial charge in [0.25, 0.3) is 0 Å². The van der Waals surface area contributed by atoms with Gasteiger partial charge in [-0.25, -0.2) is 4.98 Å². The lowest BCUT2D eigenvalue weighted by Crippen LogP contribution is -2.34. The molecule has 0 aliphatic rings. The number of aromatic nitrogens is 1. The largest absolute Gasteiger partial charge is 0.433 e. The standard InChI is InChI=1S/C14H21F3N2O/c1-10(2)7-8-13(3,20)9-18-12-6-4-5-11(19-12)14(15,16)17/h4-6,10,20H,7-9H2,1-3H3,(H,18,19). The first-order chi connectivity index (χ1) is 9.10. The molecule has 1 unspecified atom stereocenters. The van der Waals surface area contributed by atoms with Gasteiger partial charge in [-0.3, -0.25) is 0 Å². The van der Waals surface area contributed by atoms with Crippen LogP contribution in [0.5, 0.6) is 0 Å². The second kappa shape index (κ2) is 6.43. The van der Waals surface area contributed by atoms with Gasteiger partial charge in [-0.2, -0.15) is 13.2 Å².